The van der Waals surface area contributed by atoms with E-state index in [0.717, 1.165) is 26.2 Å². The summed E-state index contributed by atoms with van der Waals surface area (Å²) < 4.78 is 0. The zero-order valence-corrected chi connectivity index (χ0v) is 11.2. The summed E-state index contributed by atoms with van der Waals surface area (Å²) in [7, 11) is 0. The molecule has 4 heteroatoms. The molecule has 3 rings (SSSR count). The minimum absolute atomic E-state index is 0.311. The monoisotopic (exact) mass is 251 g/mol. The molecule has 18 heavy (non-hydrogen) atoms. The molecule has 0 bridgehead atoms. The van der Waals surface area contributed by atoms with Crippen molar-refractivity contribution in [2.45, 2.75) is 57.0 Å². The zero-order chi connectivity index (χ0) is 12.4. The first-order valence-corrected chi connectivity index (χ1v) is 7.63. The first kappa shape index (κ1) is 12.3. The molecule has 1 saturated carbocycles. The Balaban J connectivity index is 1.59. The van der Waals surface area contributed by atoms with Gasteiger partial charge in [-0.05, 0) is 51.5 Å². The quantitative estimate of drug-likeness (QED) is 0.830. The fourth-order valence-electron chi connectivity index (χ4n) is 3.19. The van der Waals surface area contributed by atoms with Gasteiger partial charge in [0.2, 0.25) is 0 Å². The highest BCUT2D eigenvalue weighted by atomic mass is 16.2. The van der Waals surface area contributed by atoms with Gasteiger partial charge in [-0.2, -0.15) is 0 Å². The van der Waals surface area contributed by atoms with Crippen molar-refractivity contribution >= 4 is 6.03 Å². The zero-order valence-electron chi connectivity index (χ0n) is 11.2. The molecule has 102 valence electrons. The summed E-state index contributed by atoms with van der Waals surface area (Å²) in [6.07, 6.45) is 8.59. The van der Waals surface area contributed by atoms with Crippen LogP contribution in [0.2, 0.25) is 0 Å². The summed E-state index contributed by atoms with van der Waals surface area (Å²) in [6, 6.07) is 1.40. The molecule has 0 aromatic rings. The average molecular weight is 251 g/mol. The third-order valence-corrected chi connectivity index (χ3v) is 4.44. The third kappa shape index (κ3) is 2.79. The SMILES string of the molecule is O=C(N1CCCCC1)N(CC1CCCN1)C1CC1. The Morgan fingerprint density at radius 2 is 1.89 bits per heavy atom. The predicted octanol–water partition coefficient (Wildman–Crippen LogP) is 1.81. The van der Waals surface area contributed by atoms with Gasteiger partial charge in [-0.25, -0.2) is 4.79 Å². The standard InChI is InChI=1S/C14H25N3O/c18-14(16-9-2-1-3-10-16)17(13-6-7-13)11-12-5-4-8-15-12/h12-13,15H,1-11H2. The summed E-state index contributed by atoms with van der Waals surface area (Å²) in [5, 5.41) is 3.52. The van der Waals surface area contributed by atoms with Crippen LogP contribution in [-0.4, -0.2) is 54.1 Å². The van der Waals surface area contributed by atoms with E-state index < -0.39 is 0 Å². The smallest absolute Gasteiger partial charge is 0.320 e. The molecule has 3 fully saturated rings. The number of urea groups is 1. The van der Waals surface area contributed by atoms with Crippen LogP contribution in [0, 0.1) is 0 Å². The van der Waals surface area contributed by atoms with Crippen molar-refractivity contribution in [1.29, 1.82) is 0 Å². The Labute approximate surface area is 110 Å². The van der Waals surface area contributed by atoms with Gasteiger partial charge in [-0.3, -0.25) is 0 Å². The lowest BCUT2D eigenvalue weighted by Crippen LogP contribution is -2.50. The number of piperidine rings is 1. The number of likely N-dealkylation sites (tertiary alicyclic amines) is 1. The molecule has 1 atom stereocenters. The topological polar surface area (TPSA) is 35.6 Å². The van der Waals surface area contributed by atoms with Gasteiger partial charge in [0.15, 0.2) is 0 Å². The van der Waals surface area contributed by atoms with Crippen molar-refractivity contribution in [2.24, 2.45) is 0 Å². The van der Waals surface area contributed by atoms with Crippen molar-refractivity contribution in [1.82, 2.24) is 15.1 Å². The van der Waals surface area contributed by atoms with E-state index in [4.69, 9.17) is 0 Å². The minimum Gasteiger partial charge on any atom is -0.325 e. The maximum Gasteiger partial charge on any atom is 0.320 e. The van der Waals surface area contributed by atoms with Gasteiger partial charge in [0.1, 0.15) is 0 Å². The molecule has 0 spiro atoms. The second-order valence-corrected chi connectivity index (χ2v) is 6.01. The number of nitrogens with zero attached hydrogens (tertiary/aromatic N) is 2. The number of hydrogen-bond acceptors (Lipinski definition) is 2. The number of carbonyl (C=O) groups excluding carboxylic acids is 1. The van der Waals surface area contributed by atoms with Gasteiger partial charge >= 0.3 is 6.03 Å². The van der Waals surface area contributed by atoms with Gasteiger partial charge in [0, 0.05) is 31.7 Å². The molecule has 2 saturated heterocycles. The second-order valence-electron chi connectivity index (χ2n) is 6.01. The summed E-state index contributed by atoms with van der Waals surface area (Å²) in [5.74, 6) is 0. The van der Waals surface area contributed by atoms with Gasteiger partial charge in [0.05, 0.1) is 0 Å². The van der Waals surface area contributed by atoms with Crippen LogP contribution in [0.4, 0.5) is 4.79 Å². The largest absolute Gasteiger partial charge is 0.325 e. The molecule has 0 radical (unpaired) electrons. The molecule has 2 aliphatic heterocycles. The number of amides is 2. The Kier molecular flexibility index (Phi) is 3.73. The summed E-state index contributed by atoms with van der Waals surface area (Å²) >= 11 is 0. The van der Waals surface area contributed by atoms with Crippen LogP contribution in [0.25, 0.3) is 0 Å². The van der Waals surface area contributed by atoms with Crippen molar-refractivity contribution in [3.8, 4) is 0 Å². The maximum absolute atomic E-state index is 12.6. The molecule has 2 heterocycles. The van der Waals surface area contributed by atoms with Crippen molar-refractivity contribution in [3.05, 3.63) is 0 Å². The van der Waals surface area contributed by atoms with Gasteiger partial charge in [-0.1, -0.05) is 0 Å². The number of rotatable bonds is 3. The fourth-order valence-corrected chi connectivity index (χ4v) is 3.19. The Hall–Kier alpha value is -0.770. The lowest BCUT2D eigenvalue weighted by Gasteiger charge is -2.34. The van der Waals surface area contributed by atoms with Gasteiger partial charge < -0.3 is 15.1 Å². The van der Waals surface area contributed by atoms with E-state index in [9.17, 15) is 4.79 Å². The van der Waals surface area contributed by atoms with Crippen LogP contribution in [0.5, 0.6) is 0 Å². The van der Waals surface area contributed by atoms with Crippen molar-refractivity contribution < 1.29 is 4.79 Å². The van der Waals surface area contributed by atoms with Crippen molar-refractivity contribution in [2.75, 3.05) is 26.2 Å². The Morgan fingerprint density at radius 3 is 2.50 bits per heavy atom. The second kappa shape index (κ2) is 5.47. The molecule has 3 aliphatic rings. The van der Waals surface area contributed by atoms with Crippen molar-refractivity contribution in [3.63, 3.8) is 0 Å². The lowest BCUT2D eigenvalue weighted by atomic mass is 10.1. The predicted molar refractivity (Wildman–Crippen MR) is 71.6 cm³/mol. The van der Waals surface area contributed by atoms with Gasteiger partial charge in [0.25, 0.3) is 0 Å². The Bertz CT molecular complexity index is 291. The molecule has 1 aliphatic carbocycles. The van der Waals surface area contributed by atoms with E-state index in [1.165, 1.54) is 44.9 Å². The molecule has 1 unspecified atom stereocenters. The van der Waals surface area contributed by atoms with Crippen LogP contribution in [0.15, 0.2) is 0 Å². The summed E-state index contributed by atoms with van der Waals surface area (Å²) in [4.78, 5) is 16.8. The normalized spacial score (nSPS) is 28.4. The fraction of sp³-hybridized carbons (Fsp3) is 0.929. The molecular weight excluding hydrogens is 226 g/mol. The van der Waals surface area contributed by atoms with Crippen LogP contribution in [0.1, 0.15) is 44.9 Å². The maximum atomic E-state index is 12.6. The molecule has 0 aromatic carbocycles. The van der Waals surface area contributed by atoms with Crippen LogP contribution >= 0.6 is 0 Å². The highest BCUT2D eigenvalue weighted by molar-refractivity contribution is 5.75. The van der Waals surface area contributed by atoms with E-state index in [1.807, 2.05) is 0 Å². The van der Waals surface area contributed by atoms with E-state index in [0.29, 0.717) is 18.1 Å². The van der Waals surface area contributed by atoms with E-state index in [1.54, 1.807) is 0 Å². The highest BCUT2D eigenvalue weighted by Gasteiger charge is 2.36. The molecular formula is C14H25N3O. The molecule has 1 N–H and O–H groups in total. The first-order valence-electron chi connectivity index (χ1n) is 7.63. The summed E-state index contributed by atoms with van der Waals surface area (Å²) in [5.41, 5.74) is 0. The molecule has 4 nitrogen and oxygen atoms in total. The average Bonchev–Trinajstić information content (AvgIpc) is 3.13. The third-order valence-electron chi connectivity index (χ3n) is 4.44. The van der Waals surface area contributed by atoms with E-state index >= 15 is 0 Å². The number of carbonyl (C=O) groups is 1. The number of nitrogens with one attached hydrogen (secondary N) is 1. The van der Waals surface area contributed by atoms with E-state index in [2.05, 4.69) is 15.1 Å². The van der Waals surface area contributed by atoms with Crippen LogP contribution < -0.4 is 5.32 Å². The Morgan fingerprint density at radius 1 is 1.11 bits per heavy atom. The summed E-state index contributed by atoms with van der Waals surface area (Å²) in [6.45, 7) is 4.00. The highest BCUT2D eigenvalue weighted by Crippen LogP contribution is 2.29. The number of hydrogen-bond donors (Lipinski definition) is 1. The molecule has 2 amide bonds. The minimum atomic E-state index is 0.311. The molecule has 0 aromatic heterocycles. The lowest BCUT2D eigenvalue weighted by molar-refractivity contribution is 0.136. The van der Waals surface area contributed by atoms with Gasteiger partial charge in [-0.15, -0.1) is 0 Å². The van der Waals surface area contributed by atoms with Crippen LogP contribution in [0.3, 0.4) is 0 Å². The van der Waals surface area contributed by atoms with Crippen LogP contribution in [-0.2, 0) is 0 Å². The first-order chi connectivity index (χ1) is 8.84. The van der Waals surface area contributed by atoms with E-state index in [-0.39, 0.29) is 0 Å².